The van der Waals surface area contributed by atoms with Crippen LogP contribution < -0.4 is 33.2 Å². The number of carboxylic acid groups (broad SMARTS) is 1. The van der Waals surface area contributed by atoms with E-state index in [1.54, 1.807) is 29.0 Å². The predicted molar refractivity (Wildman–Crippen MR) is 177 cm³/mol. The zero-order valence-corrected chi connectivity index (χ0v) is 26.5. The van der Waals surface area contributed by atoms with Gasteiger partial charge in [0.2, 0.25) is 17.7 Å². The molecule has 3 rings (SSSR count). The fourth-order valence-corrected chi connectivity index (χ4v) is 5.10. The number of aromatic nitrogens is 2. The summed E-state index contributed by atoms with van der Waals surface area (Å²) in [5, 5.41) is 17.3. The number of guanidine groups is 1. The summed E-state index contributed by atoms with van der Waals surface area (Å²) in [4.78, 5) is 72.4. The standard InChI is InChI=1S/C32H41N9O6/c1-18(2)41-27(20-10-5-4-6-11-20)25(21-12-7-8-16-36-21)26(40-30(46)23(38-19(3)42)14-15-24(43)44)28(41)31(47)39-22(29(33)45)13-9-17-37-32(34)35/h4-8,10-12,16,18,22-23H,9,13-15,17H2,1-3H3,(H2,33,45)(H,38,42)(H,39,47)(H,40,46)(H,43,44)(H4,34,35,37). The minimum absolute atomic E-state index is 0.0110. The van der Waals surface area contributed by atoms with Crippen LogP contribution in [-0.2, 0) is 19.2 Å². The third kappa shape index (κ3) is 9.63. The number of aliphatic carboxylic acids is 1. The molecule has 15 heteroatoms. The van der Waals surface area contributed by atoms with Crippen LogP contribution in [0.15, 0.2) is 59.7 Å². The van der Waals surface area contributed by atoms with Gasteiger partial charge in [-0.2, -0.15) is 0 Å². The Kier molecular flexibility index (Phi) is 12.6. The highest BCUT2D eigenvalue weighted by atomic mass is 16.4. The maximum atomic E-state index is 14.3. The van der Waals surface area contributed by atoms with Crippen molar-refractivity contribution in [3.05, 3.63) is 60.4 Å². The van der Waals surface area contributed by atoms with Crippen molar-refractivity contribution in [2.75, 3.05) is 11.9 Å². The lowest BCUT2D eigenvalue weighted by Crippen LogP contribution is -2.46. The molecule has 10 N–H and O–H groups in total. The molecule has 0 spiro atoms. The quantitative estimate of drug-likeness (QED) is 0.0678. The summed E-state index contributed by atoms with van der Waals surface area (Å²) in [6.45, 7) is 5.11. The summed E-state index contributed by atoms with van der Waals surface area (Å²) in [5.74, 6) is -4.08. The van der Waals surface area contributed by atoms with E-state index in [1.807, 2.05) is 44.2 Å². The Labute approximate surface area is 272 Å². The van der Waals surface area contributed by atoms with Crippen LogP contribution in [0.5, 0.6) is 0 Å². The Balaban J connectivity index is 2.28. The van der Waals surface area contributed by atoms with Gasteiger partial charge in [0.05, 0.1) is 22.6 Å². The van der Waals surface area contributed by atoms with E-state index in [1.165, 1.54) is 6.92 Å². The number of rotatable bonds is 16. The van der Waals surface area contributed by atoms with E-state index in [4.69, 9.17) is 17.2 Å². The molecular weight excluding hydrogens is 606 g/mol. The molecular formula is C32H41N9O6. The summed E-state index contributed by atoms with van der Waals surface area (Å²) in [7, 11) is 0. The molecule has 0 saturated carbocycles. The molecule has 0 aliphatic heterocycles. The van der Waals surface area contributed by atoms with E-state index < -0.39 is 48.1 Å². The average molecular weight is 648 g/mol. The Morgan fingerprint density at radius 1 is 0.936 bits per heavy atom. The first kappa shape index (κ1) is 35.7. The van der Waals surface area contributed by atoms with Gasteiger partial charge in [-0.25, -0.2) is 0 Å². The van der Waals surface area contributed by atoms with Gasteiger partial charge in [-0.15, -0.1) is 0 Å². The Morgan fingerprint density at radius 3 is 2.17 bits per heavy atom. The third-order valence-corrected chi connectivity index (χ3v) is 7.09. The lowest BCUT2D eigenvalue weighted by molar-refractivity contribution is -0.137. The van der Waals surface area contributed by atoms with Gasteiger partial charge in [-0.3, -0.25) is 33.9 Å². The highest BCUT2D eigenvalue weighted by Gasteiger charge is 2.34. The summed E-state index contributed by atoms with van der Waals surface area (Å²) in [6.07, 6.45) is 1.41. The zero-order chi connectivity index (χ0) is 34.7. The first-order valence-electron chi connectivity index (χ1n) is 15.0. The molecule has 0 aliphatic rings. The Morgan fingerprint density at radius 2 is 1.62 bits per heavy atom. The number of nitrogens with one attached hydrogen (secondary N) is 3. The molecule has 250 valence electrons. The zero-order valence-electron chi connectivity index (χ0n) is 26.5. The molecule has 4 amide bonds. The molecule has 2 aromatic heterocycles. The number of hydrogen-bond acceptors (Lipinski definition) is 7. The van der Waals surface area contributed by atoms with Gasteiger partial charge in [-0.05, 0) is 50.8 Å². The normalized spacial score (nSPS) is 12.1. The molecule has 0 radical (unpaired) electrons. The predicted octanol–water partition coefficient (Wildman–Crippen LogP) is 1.74. The van der Waals surface area contributed by atoms with Crippen LogP contribution in [-0.4, -0.2) is 68.8 Å². The van der Waals surface area contributed by atoms with Gasteiger partial charge < -0.3 is 42.8 Å². The second kappa shape index (κ2) is 16.5. The summed E-state index contributed by atoms with van der Waals surface area (Å²) < 4.78 is 1.73. The molecule has 0 fully saturated rings. The molecule has 15 nitrogen and oxygen atoms in total. The molecule has 2 heterocycles. The van der Waals surface area contributed by atoms with E-state index >= 15 is 0 Å². The Hall–Kier alpha value is -5.73. The van der Waals surface area contributed by atoms with Crippen LogP contribution in [0, 0.1) is 0 Å². The number of nitrogens with zero attached hydrogens (tertiary/aromatic N) is 3. The van der Waals surface area contributed by atoms with E-state index in [-0.39, 0.29) is 42.8 Å². The van der Waals surface area contributed by atoms with Crippen LogP contribution in [0.1, 0.15) is 63.0 Å². The van der Waals surface area contributed by atoms with Crippen molar-refractivity contribution in [3.8, 4) is 22.5 Å². The number of carbonyl (C=O) groups excluding carboxylic acids is 4. The van der Waals surface area contributed by atoms with Gasteiger partial charge in [0, 0.05) is 32.1 Å². The molecule has 0 saturated heterocycles. The number of pyridine rings is 1. The van der Waals surface area contributed by atoms with Crippen molar-refractivity contribution in [3.63, 3.8) is 0 Å². The van der Waals surface area contributed by atoms with Crippen LogP contribution in [0.2, 0.25) is 0 Å². The van der Waals surface area contributed by atoms with Gasteiger partial charge in [0.25, 0.3) is 5.91 Å². The van der Waals surface area contributed by atoms with Gasteiger partial charge >= 0.3 is 5.97 Å². The number of carboxylic acids is 1. The summed E-state index contributed by atoms with van der Waals surface area (Å²) in [6, 6.07) is 11.6. The van der Waals surface area contributed by atoms with Crippen molar-refractivity contribution in [1.29, 1.82) is 0 Å². The topological polar surface area (TPSA) is 250 Å². The van der Waals surface area contributed by atoms with Crippen LogP contribution in [0.25, 0.3) is 22.5 Å². The molecule has 47 heavy (non-hydrogen) atoms. The number of primary amides is 1. The number of nitrogens with two attached hydrogens (primary N) is 3. The number of hydrogen-bond donors (Lipinski definition) is 7. The van der Waals surface area contributed by atoms with Crippen LogP contribution in [0.3, 0.4) is 0 Å². The number of carbonyl (C=O) groups is 5. The van der Waals surface area contributed by atoms with Gasteiger partial charge in [0.15, 0.2) is 5.96 Å². The van der Waals surface area contributed by atoms with Gasteiger partial charge in [-0.1, -0.05) is 36.4 Å². The van der Waals surface area contributed by atoms with E-state index in [9.17, 15) is 29.1 Å². The molecule has 0 bridgehead atoms. The highest BCUT2D eigenvalue weighted by Crippen LogP contribution is 2.44. The summed E-state index contributed by atoms with van der Waals surface area (Å²) >= 11 is 0. The van der Waals surface area contributed by atoms with E-state index in [0.29, 0.717) is 28.9 Å². The lowest BCUT2D eigenvalue weighted by atomic mass is 10.0. The molecule has 2 unspecified atom stereocenters. The maximum Gasteiger partial charge on any atom is 0.303 e. The minimum atomic E-state index is -1.24. The maximum absolute atomic E-state index is 14.3. The third-order valence-electron chi connectivity index (χ3n) is 7.09. The number of aliphatic imine (C=N–C) groups is 1. The number of amides is 4. The van der Waals surface area contributed by atoms with Crippen molar-refractivity contribution >= 4 is 41.2 Å². The van der Waals surface area contributed by atoms with Crippen molar-refractivity contribution in [2.45, 2.75) is 64.6 Å². The molecule has 0 aliphatic carbocycles. The second-order valence-corrected chi connectivity index (χ2v) is 11.0. The van der Waals surface area contributed by atoms with Gasteiger partial charge in [0.1, 0.15) is 17.8 Å². The fraction of sp³-hybridized carbons (Fsp3) is 0.344. The second-order valence-electron chi connectivity index (χ2n) is 11.0. The monoisotopic (exact) mass is 647 g/mol. The van der Waals surface area contributed by atoms with Crippen LogP contribution >= 0.6 is 0 Å². The van der Waals surface area contributed by atoms with E-state index in [2.05, 4.69) is 25.9 Å². The molecule has 2 atom stereocenters. The first-order valence-corrected chi connectivity index (χ1v) is 15.0. The minimum Gasteiger partial charge on any atom is -0.481 e. The fourth-order valence-electron chi connectivity index (χ4n) is 5.10. The first-order chi connectivity index (χ1) is 22.3. The smallest absolute Gasteiger partial charge is 0.303 e. The Bertz CT molecular complexity index is 1620. The van der Waals surface area contributed by atoms with Crippen LogP contribution in [0.4, 0.5) is 5.69 Å². The van der Waals surface area contributed by atoms with Crippen molar-refractivity contribution in [1.82, 2.24) is 20.2 Å². The SMILES string of the molecule is CC(=O)NC(CCC(=O)O)C(=O)Nc1c(-c2ccccn2)c(-c2ccccc2)n(C(C)C)c1C(=O)NC(CCCN=C(N)N)C(N)=O. The van der Waals surface area contributed by atoms with E-state index in [0.717, 1.165) is 0 Å². The molecule has 3 aromatic rings. The lowest BCUT2D eigenvalue weighted by Gasteiger charge is -2.21. The average Bonchev–Trinajstić information content (AvgIpc) is 3.36. The summed E-state index contributed by atoms with van der Waals surface area (Å²) in [5.41, 5.74) is 18.6. The number of anilines is 1. The van der Waals surface area contributed by atoms with Crippen molar-refractivity contribution < 1.29 is 29.1 Å². The number of benzene rings is 1. The van der Waals surface area contributed by atoms with Crippen molar-refractivity contribution in [2.24, 2.45) is 22.2 Å². The largest absolute Gasteiger partial charge is 0.481 e. The molecule has 1 aromatic carbocycles. The highest BCUT2D eigenvalue weighted by molar-refractivity contribution is 6.12.